The average molecular weight is 180 g/mol. The third-order valence-electron chi connectivity index (χ3n) is 1.83. The molecule has 70 valence electrons. The average Bonchev–Trinajstić information content (AvgIpc) is 2.06. The van der Waals surface area contributed by atoms with E-state index >= 15 is 0 Å². The Labute approximate surface area is 89.8 Å². The van der Waals surface area contributed by atoms with Crippen LogP contribution in [0, 0.1) is 0 Å². The van der Waals surface area contributed by atoms with Crippen molar-refractivity contribution in [1.29, 1.82) is 0 Å². The van der Waals surface area contributed by atoms with Gasteiger partial charge in [-0.1, -0.05) is 0 Å². The summed E-state index contributed by atoms with van der Waals surface area (Å²) in [6, 6.07) is 0. The molecule has 0 aromatic heterocycles. The van der Waals surface area contributed by atoms with Crippen molar-refractivity contribution in [3.8, 4) is 0 Å². The zero-order valence-electron chi connectivity index (χ0n) is 8.12. The maximum atomic E-state index is 10.3. The Morgan fingerprint density at radius 1 is 1.62 bits per heavy atom. The van der Waals surface area contributed by atoms with E-state index in [4.69, 9.17) is 9.47 Å². The van der Waals surface area contributed by atoms with Gasteiger partial charge in [0.05, 0.1) is 12.1 Å². The van der Waals surface area contributed by atoms with E-state index in [-0.39, 0.29) is 25.2 Å². The minimum atomic E-state index is -1.19. The van der Waals surface area contributed by atoms with Crippen LogP contribution in [0.2, 0.25) is 0 Å². The van der Waals surface area contributed by atoms with Crippen LogP contribution in [-0.4, -0.2) is 25.0 Å². The van der Waals surface area contributed by atoms with E-state index in [2.05, 4.69) is 0 Å². The van der Waals surface area contributed by atoms with Gasteiger partial charge < -0.3 is 19.4 Å². The van der Waals surface area contributed by atoms with Crippen molar-refractivity contribution >= 4 is 5.97 Å². The van der Waals surface area contributed by atoms with Crippen LogP contribution in [-0.2, 0) is 14.3 Å². The molecule has 1 saturated heterocycles. The predicted molar refractivity (Wildman–Crippen MR) is 39.1 cm³/mol. The summed E-state index contributed by atoms with van der Waals surface area (Å²) in [6.45, 7) is 2.11. The number of aliphatic carboxylic acids is 1. The quantitative estimate of drug-likeness (QED) is 0.426. The second-order valence-electron chi connectivity index (χ2n) is 2.89. The van der Waals surface area contributed by atoms with Crippen molar-refractivity contribution in [2.24, 2.45) is 0 Å². The maximum Gasteiger partial charge on any atom is 1.00 e. The van der Waals surface area contributed by atoms with E-state index in [9.17, 15) is 9.90 Å². The van der Waals surface area contributed by atoms with Gasteiger partial charge in [0.1, 0.15) is 0 Å². The molecule has 13 heavy (non-hydrogen) atoms. The topological polar surface area (TPSA) is 58.6 Å². The molecule has 1 aliphatic heterocycles. The molecule has 0 aromatic carbocycles. The Morgan fingerprint density at radius 3 is 2.77 bits per heavy atom. The molecule has 0 aliphatic carbocycles. The summed E-state index contributed by atoms with van der Waals surface area (Å²) in [4.78, 5) is 10.3. The first kappa shape index (κ1) is 13.0. The molecule has 1 rings (SSSR count). The summed E-state index contributed by atoms with van der Waals surface area (Å²) in [6.07, 6.45) is 1.60. The largest absolute Gasteiger partial charge is 1.00 e. The number of carbonyl (C=O) groups is 1. The maximum absolute atomic E-state index is 10.3. The third-order valence-corrected chi connectivity index (χ3v) is 1.83. The number of carboxylic acid groups (broad SMARTS) is 1. The van der Waals surface area contributed by atoms with Crippen molar-refractivity contribution in [3.05, 3.63) is 0 Å². The van der Waals surface area contributed by atoms with Gasteiger partial charge in [-0.2, -0.15) is 0 Å². The van der Waals surface area contributed by atoms with Crippen molar-refractivity contribution in [3.63, 3.8) is 0 Å². The van der Waals surface area contributed by atoms with E-state index in [1.54, 1.807) is 0 Å². The van der Waals surface area contributed by atoms with Crippen LogP contribution in [0.3, 0.4) is 0 Å². The molecule has 1 heterocycles. The summed E-state index contributed by atoms with van der Waals surface area (Å²) in [5.41, 5.74) is 0. The van der Waals surface area contributed by atoms with Crippen LogP contribution in [0.25, 0.3) is 0 Å². The van der Waals surface area contributed by atoms with Crippen molar-refractivity contribution in [1.82, 2.24) is 0 Å². The summed E-state index contributed by atoms with van der Waals surface area (Å²) >= 11 is 0. The molecule has 5 heteroatoms. The smallest absolute Gasteiger partial charge is 0.547 e. The first-order valence-electron chi connectivity index (χ1n) is 4.18. The normalized spacial score (nSPS) is 24.5. The second kappa shape index (κ2) is 6.44. The molecule has 1 aliphatic rings. The van der Waals surface area contributed by atoms with Crippen LogP contribution < -0.4 is 24.0 Å². The Balaban J connectivity index is 0.00000144. The number of hydrogen-bond acceptors (Lipinski definition) is 4. The molecular formula is C8H13LiO4. The van der Waals surface area contributed by atoms with Gasteiger partial charge in [-0.05, 0) is 26.2 Å². The molecular weight excluding hydrogens is 167 g/mol. The number of hydrogen-bond donors (Lipinski definition) is 0. The van der Waals surface area contributed by atoms with Crippen molar-refractivity contribution in [2.45, 2.75) is 38.6 Å². The van der Waals surface area contributed by atoms with Crippen molar-refractivity contribution < 1.29 is 38.2 Å². The van der Waals surface area contributed by atoms with E-state index in [0.29, 0.717) is 6.61 Å². The number of rotatable bonds is 3. The summed E-state index contributed by atoms with van der Waals surface area (Å²) < 4.78 is 10.3. The molecule has 0 amide bonds. The van der Waals surface area contributed by atoms with Gasteiger partial charge in [-0.25, -0.2) is 0 Å². The third kappa shape index (κ3) is 4.68. The first-order chi connectivity index (χ1) is 5.70. The fourth-order valence-electron chi connectivity index (χ4n) is 1.10. The standard InChI is InChI=1S/C8H14O4.Li/c1-6(8(9)10)12-7-4-2-3-5-11-7;/h6-7H,2-5H2,1H3,(H,9,10);/q;+1/p-1/t6-,7?;/m0./s1. The van der Waals surface area contributed by atoms with Gasteiger partial charge in [-0.15, -0.1) is 0 Å². The molecule has 0 aromatic rings. The van der Waals surface area contributed by atoms with Gasteiger partial charge in [0.2, 0.25) is 0 Å². The van der Waals surface area contributed by atoms with E-state index < -0.39 is 12.1 Å². The summed E-state index contributed by atoms with van der Waals surface area (Å²) in [5.74, 6) is -1.19. The van der Waals surface area contributed by atoms with Crippen LogP contribution in [0.5, 0.6) is 0 Å². The Hall–Kier alpha value is -0.0126. The van der Waals surface area contributed by atoms with Gasteiger partial charge in [-0.3, -0.25) is 0 Å². The minimum Gasteiger partial charge on any atom is -0.547 e. The molecule has 1 unspecified atom stereocenters. The second-order valence-corrected chi connectivity index (χ2v) is 2.89. The zero-order valence-corrected chi connectivity index (χ0v) is 8.12. The first-order valence-corrected chi connectivity index (χ1v) is 4.18. The van der Waals surface area contributed by atoms with Crippen LogP contribution in [0.15, 0.2) is 0 Å². The molecule has 0 radical (unpaired) electrons. The summed E-state index contributed by atoms with van der Waals surface area (Å²) in [7, 11) is 0. The molecule has 1 fully saturated rings. The summed E-state index contributed by atoms with van der Waals surface area (Å²) in [5, 5.41) is 10.3. The van der Waals surface area contributed by atoms with Gasteiger partial charge in [0.25, 0.3) is 0 Å². The Kier molecular flexibility index (Phi) is 6.44. The molecule has 0 saturated carbocycles. The zero-order chi connectivity index (χ0) is 8.97. The number of ether oxygens (including phenoxy) is 2. The monoisotopic (exact) mass is 180 g/mol. The fraction of sp³-hybridized carbons (Fsp3) is 0.875. The Bertz CT molecular complexity index is 156. The predicted octanol–water partition coefficient (Wildman–Crippen LogP) is -3.33. The molecule has 0 bridgehead atoms. The van der Waals surface area contributed by atoms with E-state index in [1.807, 2.05) is 0 Å². The van der Waals surface area contributed by atoms with Crippen LogP contribution in [0.1, 0.15) is 26.2 Å². The molecule has 2 atom stereocenters. The van der Waals surface area contributed by atoms with Crippen LogP contribution in [0.4, 0.5) is 0 Å². The van der Waals surface area contributed by atoms with Gasteiger partial charge in [0, 0.05) is 6.61 Å². The van der Waals surface area contributed by atoms with Crippen LogP contribution >= 0.6 is 0 Å². The van der Waals surface area contributed by atoms with Crippen molar-refractivity contribution in [2.75, 3.05) is 6.61 Å². The van der Waals surface area contributed by atoms with Gasteiger partial charge in [0.15, 0.2) is 6.29 Å². The van der Waals surface area contributed by atoms with Gasteiger partial charge >= 0.3 is 18.9 Å². The number of carboxylic acids is 1. The SMILES string of the molecule is C[C@H](OC1CCCCO1)C(=O)[O-].[Li+]. The minimum absolute atomic E-state index is 0. The van der Waals surface area contributed by atoms with E-state index in [1.165, 1.54) is 6.92 Å². The molecule has 0 N–H and O–H groups in total. The molecule has 0 spiro atoms. The Morgan fingerprint density at radius 2 is 2.31 bits per heavy atom. The van der Waals surface area contributed by atoms with E-state index in [0.717, 1.165) is 19.3 Å². The number of carbonyl (C=O) groups excluding carboxylic acids is 1. The molecule has 4 nitrogen and oxygen atoms in total. The fourth-order valence-corrected chi connectivity index (χ4v) is 1.10.